The van der Waals surface area contributed by atoms with Crippen LogP contribution in [0.3, 0.4) is 0 Å². The van der Waals surface area contributed by atoms with Gasteiger partial charge in [-0.3, -0.25) is 4.98 Å². The molecule has 0 atom stereocenters. The summed E-state index contributed by atoms with van der Waals surface area (Å²) in [4.78, 5) is 13.8. The molecular weight excluding hydrogens is 537 g/mol. The zero-order valence-electron chi connectivity index (χ0n) is 23.2. The number of aryl methyl sites for hydroxylation is 2. The Balaban J connectivity index is 1.30. The van der Waals surface area contributed by atoms with Crippen LogP contribution in [0.25, 0.3) is 43.7 Å². The van der Waals surface area contributed by atoms with Gasteiger partial charge in [-0.1, -0.05) is 66.7 Å². The summed E-state index contributed by atoms with van der Waals surface area (Å²) in [6, 6.07) is 36.2. The molecule has 6 nitrogen and oxygen atoms in total. The van der Waals surface area contributed by atoms with Crippen molar-refractivity contribution in [2.45, 2.75) is 13.8 Å². The molecule has 7 aromatic rings. The molecular formula is C35H26AlN3O3. The Morgan fingerprint density at radius 3 is 1.74 bits per heavy atom. The van der Waals surface area contributed by atoms with Gasteiger partial charge in [0.1, 0.15) is 22.5 Å². The normalized spacial score (nSPS) is 11.1. The lowest BCUT2D eigenvalue weighted by atomic mass is 10.0. The first-order chi connectivity index (χ1) is 20.6. The summed E-state index contributed by atoms with van der Waals surface area (Å²) in [6.45, 7) is 3.94. The third-order valence-electron chi connectivity index (χ3n) is 7.15. The van der Waals surface area contributed by atoms with Crippen molar-refractivity contribution in [3.63, 3.8) is 0 Å². The van der Waals surface area contributed by atoms with Crippen molar-refractivity contribution in [1.29, 1.82) is 0 Å². The standard InChI is InChI=1S/C15H11NO.2C10H9NO.Al/c17-15-5-1-3-12-9-11(6-7-14(12)15)13-4-2-8-16-10-13;2*1-7-5-6-8-3-2-4-9(12)10(8)11-7;/h1-10,17H;2*2-6,12H,1H3;/q;;;+3/p-3. The Kier molecular flexibility index (Phi) is 6.89. The summed E-state index contributed by atoms with van der Waals surface area (Å²) in [6.07, 6.45) is 3.65. The molecule has 0 amide bonds. The molecule has 0 aliphatic carbocycles. The zero-order chi connectivity index (χ0) is 28.5. The zero-order valence-corrected chi connectivity index (χ0v) is 24.3. The highest BCUT2D eigenvalue weighted by Crippen LogP contribution is 2.32. The molecule has 0 aliphatic rings. The van der Waals surface area contributed by atoms with Crippen molar-refractivity contribution >= 4 is 47.7 Å². The molecule has 42 heavy (non-hydrogen) atoms. The molecule has 0 spiro atoms. The Labute approximate surface area is 248 Å². The highest BCUT2D eigenvalue weighted by atomic mass is 27.3. The largest absolute Gasteiger partial charge is 1.20 e. The first-order valence-corrected chi connectivity index (χ1v) is 15.2. The number of hydrogen-bond acceptors (Lipinski definition) is 6. The van der Waals surface area contributed by atoms with Crippen LogP contribution in [0.15, 0.2) is 122 Å². The van der Waals surface area contributed by atoms with Gasteiger partial charge >= 0.3 is 15.1 Å². The quantitative estimate of drug-likeness (QED) is 0.182. The Bertz CT molecular complexity index is 1980. The second kappa shape index (κ2) is 11.1. The van der Waals surface area contributed by atoms with Crippen LogP contribution < -0.4 is 11.4 Å². The van der Waals surface area contributed by atoms with Gasteiger partial charge in [0, 0.05) is 45.5 Å². The number of hydrogen-bond donors (Lipinski definition) is 0. The minimum absolute atomic E-state index is 0.622. The Morgan fingerprint density at radius 1 is 0.524 bits per heavy atom. The second-order valence-corrected chi connectivity index (χ2v) is 11.4. The molecule has 3 heterocycles. The van der Waals surface area contributed by atoms with E-state index in [2.05, 4.69) is 35.3 Å². The van der Waals surface area contributed by atoms with Crippen molar-refractivity contribution in [3.05, 3.63) is 133 Å². The van der Waals surface area contributed by atoms with Crippen LogP contribution in [0.5, 0.6) is 17.2 Å². The summed E-state index contributed by atoms with van der Waals surface area (Å²) < 4.78 is 19.9. The van der Waals surface area contributed by atoms with Gasteiger partial charge in [0.25, 0.3) is 0 Å². The first-order valence-electron chi connectivity index (χ1n) is 13.8. The fourth-order valence-corrected chi connectivity index (χ4v) is 6.43. The van der Waals surface area contributed by atoms with E-state index in [4.69, 9.17) is 21.3 Å². The van der Waals surface area contributed by atoms with E-state index >= 15 is 0 Å². The monoisotopic (exact) mass is 563 g/mol. The number of rotatable bonds is 7. The van der Waals surface area contributed by atoms with E-state index in [9.17, 15) is 0 Å². The number of benzene rings is 4. The van der Waals surface area contributed by atoms with Crippen LogP contribution in [0.1, 0.15) is 11.4 Å². The molecule has 0 fully saturated rings. The van der Waals surface area contributed by atoms with E-state index in [1.54, 1.807) is 6.20 Å². The third-order valence-corrected chi connectivity index (χ3v) is 8.49. The van der Waals surface area contributed by atoms with Gasteiger partial charge in [-0.25, -0.2) is 9.97 Å². The van der Waals surface area contributed by atoms with E-state index in [0.717, 1.165) is 55.1 Å². The van der Waals surface area contributed by atoms with E-state index in [1.165, 1.54) is 0 Å². The molecule has 0 N–H and O–H groups in total. The summed E-state index contributed by atoms with van der Waals surface area (Å²) in [5, 5.41) is 3.99. The predicted octanol–water partition coefficient (Wildman–Crippen LogP) is 8.14. The maximum atomic E-state index is 6.67. The van der Waals surface area contributed by atoms with Crippen molar-refractivity contribution in [1.82, 2.24) is 15.0 Å². The molecule has 202 valence electrons. The minimum Gasteiger partial charge on any atom is -0.577 e. The lowest BCUT2D eigenvalue weighted by Gasteiger charge is -2.19. The van der Waals surface area contributed by atoms with Gasteiger partial charge < -0.3 is 11.4 Å². The highest BCUT2D eigenvalue weighted by Gasteiger charge is 2.45. The molecule has 0 saturated heterocycles. The van der Waals surface area contributed by atoms with Crippen LogP contribution >= 0.6 is 0 Å². The molecule has 0 unspecified atom stereocenters. The summed E-state index contributed by atoms with van der Waals surface area (Å²) >= 11 is -2.93. The average molecular weight is 564 g/mol. The van der Waals surface area contributed by atoms with Crippen LogP contribution in [0.4, 0.5) is 0 Å². The van der Waals surface area contributed by atoms with E-state index in [0.29, 0.717) is 17.2 Å². The molecule has 0 radical (unpaired) electrons. The lowest BCUT2D eigenvalue weighted by molar-refractivity contribution is 0.311. The van der Waals surface area contributed by atoms with Gasteiger partial charge in [-0.15, -0.1) is 0 Å². The number of fused-ring (bicyclic) bond motifs is 3. The summed E-state index contributed by atoms with van der Waals surface area (Å²) in [5.74, 6) is 1.93. The smallest absolute Gasteiger partial charge is 0.577 e. The highest BCUT2D eigenvalue weighted by molar-refractivity contribution is 6.40. The van der Waals surface area contributed by atoms with Crippen LogP contribution in [-0.2, 0) is 0 Å². The molecule has 4 aromatic carbocycles. The van der Waals surface area contributed by atoms with Crippen LogP contribution in [0, 0.1) is 13.8 Å². The second-order valence-electron chi connectivity index (χ2n) is 10.1. The topological polar surface area (TPSA) is 66.4 Å². The maximum Gasteiger partial charge on any atom is 1.20 e. The van der Waals surface area contributed by atoms with Crippen molar-refractivity contribution in [2.24, 2.45) is 0 Å². The SMILES string of the molecule is Cc1ccc2cccc([O][Al]([O]c3cccc4cc(-c5cccnc5)ccc34)[O]c3cccc4ccc(C)nc34)c2n1. The van der Waals surface area contributed by atoms with E-state index < -0.39 is 15.1 Å². The molecule has 7 rings (SSSR count). The molecule has 0 bridgehead atoms. The van der Waals surface area contributed by atoms with Crippen molar-refractivity contribution in [2.75, 3.05) is 0 Å². The van der Waals surface area contributed by atoms with Crippen LogP contribution in [0.2, 0.25) is 0 Å². The van der Waals surface area contributed by atoms with Crippen molar-refractivity contribution < 1.29 is 11.4 Å². The minimum atomic E-state index is -2.93. The van der Waals surface area contributed by atoms with Gasteiger partial charge in [0.05, 0.1) is 5.75 Å². The van der Waals surface area contributed by atoms with Gasteiger partial charge in [0.15, 0.2) is 0 Å². The Hall–Kier alpha value is -4.96. The average Bonchev–Trinajstić information content (AvgIpc) is 3.02. The Morgan fingerprint density at radius 2 is 1.12 bits per heavy atom. The lowest BCUT2D eigenvalue weighted by Crippen LogP contribution is -2.37. The van der Waals surface area contributed by atoms with E-state index in [-0.39, 0.29) is 0 Å². The molecule has 0 saturated carbocycles. The number of aromatic nitrogens is 3. The summed E-state index contributed by atoms with van der Waals surface area (Å²) in [7, 11) is 0. The van der Waals surface area contributed by atoms with Gasteiger partial charge in [0.2, 0.25) is 0 Å². The van der Waals surface area contributed by atoms with E-state index in [1.807, 2.05) is 98.9 Å². The van der Waals surface area contributed by atoms with Crippen molar-refractivity contribution in [3.8, 4) is 28.4 Å². The fourth-order valence-electron chi connectivity index (χ4n) is 5.08. The summed E-state index contributed by atoms with van der Waals surface area (Å²) in [5.41, 5.74) is 5.50. The van der Waals surface area contributed by atoms with Gasteiger partial charge in [-0.05, 0) is 67.3 Å². The number of pyridine rings is 3. The van der Waals surface area contributed by atoms with Crippen LogP contribution in [-0.4, -0.2) is 30.1 Å². The predicted molar refractivity (Wildman–Crippen MR) is 168 cm³/mol. The molecule has 0 aliphatic heterocycles. The maximum absolute atomic E-state index is 6.67. The number of para-hydroxylation sites is 2. The fraction of sp³-hybridized carbons (Fsp3) is 0.0571. The molecule has 7 heteroatoms. The first kappa shape index (κ1) is 26.0. The number of nitrogens with zero attached hydrogens (tertiary/aromatic N) is 3. The van der Waals surface area contributed by atoms with Gasteiger partial charge in [-0.2, -0.15) is 0 Å². The molecule has 3 aromatic heterocycles. The third kappa shape index (κ3) is 5.24.